The SMILES string of the molecule is CN(C)C(=O)CNC(=O)Cn1c(COc2ccc(Cl)cc2)nc2ccccc21. The minimum Gasteiger partial charge on any atom is -0.486 e. The number of aromatic nitrogens is 2. The van der Waals surface area contributed by atoms with Crippen molar-refractivity contribution < 1.29 is 14.3 Å². The van der Waals surface area contributed by atoms with Crippen LogP contribution in [0.1, 0.15) is 5.82 Å². The molecule has 3 aromatic rings. The minimum absolute atomic E-state index is 0.0422. The number of benzene rings is 2. The number of nitrogens with zero attached hydrogens (tertiary/aromatic N) is 3. The van der Waals surface area contributed by atoms with Gasteiger partial charge in [-0.05, 0) is 36.4 Å². The maximum atomic E-state index is 12.4. The number of rotatable bonds is 7. The first-order valence-corrected chi connectivity index (χ1v) is 9.11. The molecule has 0 radical (unpaired) electrons. The average Bonchev–Trinajstić information content (AvgIpc) is 3.03. The summed E-state index contributed by atoms with van der Waals surface area (Å²) in [5, 5.41) is 3.27. The number of imidazole rings is 1. The quantitative estimate of drug-likeness (QED) is 0.661. The van der Waals surface area contributed by atoms with Crippen LogP contribution in [0.2, 0.25) is 5.02 Å². The molecule has 1 N–H and O–H groups in total. The molecule has 28 heavy (non-hydrogen) atoms. The fraction of sp³-hybridized carbons (Fsp3) is 0.250. The lowest BCUT2D eigenvalue weighted by Crippen LogP contribution is -2.37. The molecule has 0 aliphatic heterocycles. The highest BCUT2D eigenvalue weighted by Gasteiger charge is 2.15. The molecule has 2 aromatic carbocycles. The minimum atomic E-state index is -0.272. The fourth-order valence-corrected chi connectivity index (χ4v) is 2.75. The van der Waals surface area contributed by atoms with Crippen molar-refractivity contribution in [1.82, 2.24) is 19.8 Å². The van der Waals surface area contributed by atoms with Crippen LogP contribution in [0.5, 0.6) is 5.75 Å². The molecule has 0 unspecified atom stereocenters. The van der Waals surface area contributed by atoms with Crippen LogP contribution in [0.25, 0.3) is 11.0 Å². The van der Waals surface area contributed by atoms with E-state index in [0.717, 1.165) is 11.0 Å². The van der Waals surface area contributed by atoms with Crippen LogP contribution in [0.4, 0.5) is 0 Å². The van der Waals surface area contributed by atoms with Gasteiger partial charge in [0.2, 0.25) is 11.8 Å². The van der Waals surface area contributed by atoms with E-state index in [2.05, 4.69) is 10.3 Å². The van der Waals surface area contributed by atoms with E-state index in [1.807, 2.05) is 24.3 Å². The van der Waals surface area contributed by atoms with Crippen LogP contribution >= 0.6 is 11.6 Å². The summed E-state index contributed by atoms with van der Waals surface area (Å²) < 4.78 is 7.59. The predicted molar refractivity (Wildman–Crippen MR) is 107 cm³/mol. The van der Waals surface area contributed by atoms with Crippen molar-refractivity contribution in [3.8, 4) is 5.75 Å². The molecule has 3 rings (SSSR count). The standard InChI is InChI=1S/C20H21ClN4O3/c1-24(2)20(27)11-22-19(26)12-25-17-6-4-3-5-16(17)23-18(25)13-28-15-9-7-14(21)8-10-15/h3-10H,11-13H2,1-2H3,(H,22,26). The first kappa shape index (κ1) is 19.7. The molecule has 1 aromatic heterocycles. The molecule has 0 atom stereocenters. The fourth-order valence-electron chi connectivity index (χ4n) is 2.62. The van der Waals surface area contributed by atoms with Crippen LogP contribution in [0.3, 0.4) is 0 Å². The monoisotopic (exact) mass is 400 g/mol. The third kappa shape index (κ3) is 4.80. The van der Waals surface area contributed by atoms with E-state index in [1.165, 1.54) is 4.90 Å². The number of carbonyl (C=O) groups is 2. The summed E-state index contributed by atoms with van der Waals surface area (Å²) in [5.41, 5.74) is 1.60. The van der Waals surface area contributed by atoms with E-state index in [0.29, 0.717) is 16.6 Å². The Hall–Kier alpha value is -3.06. The van der Waals surface area contributed by atoms with Gasteiger partial charge in [-0.25, -0.2) is 4.98 Å². The molecule has 0 aliphatic rings. The molecular formula is C20H21ClN4O3. The summed E-state index contributed by atoms with van der Waals surface area (Å²) in [7, 11) is 3.29. The Kier molecular flexibility index (Phi) is 6.16. The largest absolute Gasteiger partial charge is 0.486 e. The Labute approximate surface area is 167 Å². The van der Waals surface area contributed by atoms with Gasteiger partial charge in [-0.2, -0.15) is 0 Å². The van der Waals surface area contributed by atoms with Gasteiger partial charge in [-0.15, -0.1) is 0 Å². The van der Waals surface area contributed by atoms with Crippen LogP contribution in [-0.2, 0) is 22.7 Å². The van der Waals surface area contributed by atoms with Gasteiger partial charge in [0.1, 0.15) is 24.7 Å². The molecule has 7 nitrogen and oxygen atoms in total. The third-order valence-corrected chi connectivity index (χ3v) is 4.40. The number of hydrogen-bond donors (Lipinski definition) is 1. The number of likely N-dealkylation sites (N-methyl/N-ethyl adjacent to an activating group) is 1. The van der Waals surface area contributed by atoms with E-state index in [9.17, 15) is 9.59 Å². The van der Waals surface area contributed by atoms with Gasteiger partial charge in [0, 0.05) is 19.1 Å². The van der Waals surface area contributed by atoms with Gasteiger partial charge in [0.15, 0.2) is 0 Å². The van der Waals surface area contributed by atoms with E-state index in [-0.39, 0.29) is 31.5 Å². The molecule has 0 saturated carbocycles. The Morgan fingerprint density at radius 1 is 1.14 bits per heavy atom. The maximum Gasteiger partial charge on any atom is 0.241 e. The number of halogens is 1. The van der Waals surface area contributed by atoms with E-state index >= 15 is 0 Å². The van der Waals surface area contributed by atoms with Crippen molar-refractivity contribution in [1.29, 1.82) is 0 Å². The number of hydrogen-bond acceptors (Lipinski definition) is 4. The van der Waals surface area contributed by atoms with E-state index in [1.54, 1.807) is 42.9 Å². The normalized spacial score (nSPS) is 10.7. The second-order valence-corrected chi connectivity index (χ2v) is 6.85. The molecular weight excluding hydrogens is 380 g/mol. The van der Waals surface area contributed by atoms with Crippen LogP contribution < -0.4 is 10.1 Å². The molecule has 0 spiro atoms. The molecule has 0 aliphatic carbocycles. The second kappa shape index (κ2) is 8.75. The smallest absolute Gasteiger partial charge is 0.241 e. The zero-order chi connectivity index (χ0) is 20.1. The summed E-state index contributed by atoms with van der Waals surface area (Å²) in [6, 6.07) is 14.6. The number of fused-ring (bicyclic) bond motifs is 1. The van der Waals surface area contributed by atoms with Crippen molar-refractivity contribution in [3.63, 3.8) is 0 Å². The highest BCUT2D eigenvalue weighted by Crippen LogP contribution is 2.20. The van der Waals surface area contributed by atoms with Crippen molar-refractivity contribution in [2.24, 2.45) is 0 Å². The zero-order valence-corrected chi connectivity index (χ0v) is 16.4. The lowest BCUT2D eigenvalue weighted by Gasteiger charge is -2.13. The highest BCUT2D eigenvalue weighted by atomic mass is 35.5. The van der Waals surface area contributed by atoms with Crippen LogP contribution in [0.15, 0.2) is 48.5 Å². The molecule has 8 heteroatoms. The van der Waals surface area contributed by atoms with Crippen molar-refractivity contribution >= 4 is 34.4 Å². The number of carbonyl (C=O) groups excluding carboxylic acids is 2. The first-order chi connectivity index (χ1) is 13.4. The van der Waals surface area contributed by atoms with Gasteiger partial charge in [-0.1, -0.05) is 23.7 Å². The lowest BCUT2D eigenvalue weighted by molar-refractivity contribution is -0.131. The maximum absolute atomic E-state index is 12.4. The van der Waals surface area contributed by atoms with Crippen LogP contribution in [-0.4, -0.2) is 46.9 Å². The van der Waals surface area contributed by atoms with E-state index in [4.69, 9.17) is 16.3 Å². The number of amides is 2. The number of nitrogens with one attached hydrogen (secondary N) is 1. The Morgan fingerprint density at radius 3 is 2.57 bits per heavy atom. The Morgan fingerprint density at radius 2 is 1.86 bits per heavy atom. The lowest BCUT2D eigenvalue weighted by atomic mass is 10.3. The van der Waals surface area contributed by atoms with Gasteiger partial charge >= 0.3 is 0 Å². The molecule has 146 valence electrons. The average molecular weight is 401 g/mol. The summed E-state index contributed by atoms with van der Waals surface area (Å²) in [4.78, 5) is 30.0. The highest BCUT2D eigenvalue weighted by molar-refractivity contribution is 6.30. The first-order valence-electron chi connectivity index (χ1n) is 8.73. The topological polar surface area (TPSA) is 76.5 Å². The van der Waals surface area contributed by atoms with Crippen molar-refractivity contribution in [2.75, 3.05) is 20.6 Å². The van der Waals surface area contributed by atoms with Gasteiger partial charge < -0.3 is 19.5 Å². The van der Waals surface area contributed by atoms with E-state index < -0.39 is 0 Å². The summed E-state index contributed by atoms with van der Waals surface area (Å²) in [6.45, 7) is 0.190. The van der Waals surface area contributed by atoms with Gasteiger partial charge in [-0.3, -0.25) is 9.59 Å². The predicted octanol–water partition coefficient (Wildman–Crippen LogP) is 2.47. The Balaban J connectivity index is 1.76. The number of para-hydroxylation sites is 2. The number of ether oxygens (including phenoxy) is 1. The molecule has 0 bridgehead atoms. The second-order valence-electron chi connectivity index (χ2n) is 6.41. The third-order valence-electron chi connectivity index (χ3n) is 4.15. The molecule has 2 amide bonds. The molecule has 0 fully saturated rings. The summed E-state index contributed by atoms with van der Waals surface area (Å²) in [5.74, 6) is 0.829. The van der Waals surface area contributed by atoms with Gasteiger partial charge in [0.05, 0.1) is 17.6 Å². The van der Waals surface area contributed by atoms with Gasteiger partial charge in [0.25, 0.3) is 0 Å². The summed E-state index contributed by atoms with van der Waals surface area (Å²) in [6.07, 6.45) is 0. The Bertz CT molecular complexity index is 983. The summed E-state index contributed by atoms with van der Waals surface area (Å²) >= 11 is 5.89. The molecule has 1 heterocycles. The zero-order valence-electron chi connectivity index (χ0n) is 15.7. The van der Waals surface area contributed by atoms with Crippen molar-refractivity contribution in [2.45, 2.75) is 13.2 Å². The van der Waals surface area contributed by atoms with Crippen LogP contribution in [0, 0.1) is 0 Å². The molecule has 0 saturated heterocycles. The van der Waals surface area contributed by atoms with Crippen molar-refractivity contribution in [3.05, 3.63) is 59.4 Å².